The summed E-state index contributed by atoms with van der Waals surface area (Å²) < 4.78 is 0. The van der Waals surface area contributed by atoms with Crippen molar-refractivity contribution in [2.75, 3.05) is 10.6 Å². The Balaban J connectivity index is 1.67. The first-order chi connectivity index (χ1) is 10.7. The number of aromatic amines is 1. The van der Waals surface area contributed by atoms with Crippen LogP contribution in [0.2, 0.25) is 0 Å². The fourth-order valence-electron chi connectivity index (χ4n) is 1.91. The quantitative estimate of drug-likeness (QED) is 0.687. The van der Waals surface area contributed by atoms with E-state index in [9.17, 15) is 4.79 Å². The summed E-state index contributed by atoms with van der Waals surface area (Å²) in [6.07, 6.45) is 4.83. The third-order valence-electron chi connectivity index (χ3n) is 3.04. The number of benzene rings is 1. The molecule has 0 spiro atoms. The summed E-state index contributed by atoms with van der Waals surface area (Å²) in [5, 5.41) is 12.5. The Bertz CT molecular complexity index is 766. The molecule has 0 aliphatic rings. The summed E-state index contributed by atoms with van der Waals surface area (Å²) in [6, 6.07) is 9.04. The van der Waals surface area contributed by atoms with Gasteiger partial charge in [0.25, 0.3) is 5.91 Å². The largest absolute Gasteiger partial charge is 0.324 e. The van der Waals surface area contributed by atoms with Gasteiger partial charge in [-0.1, -0.05) is 0 Å². The zero-order valence-electron chi connectivity index (χ0n) is 11.9. The van der Waals surface area contributed by atoms with E-state index in [1.807, 2.05) is 12.1 Å². The van der Waals surface area contributed by atoms with E-state index in [2.05, 4.69) is 30.8 Å². The van der Waals surface area contributed by atoms with Gasteiger partial charge in [-0.05, 0) is 37.3 Å². The predicted molar refractivity (Wildman–Crippen MR) is 83.0 cm³/mol. The lowest BCUT2D eigenvalue weighted by molar-refractivity contribution is 0.102. The van der Waals surface area contributed by atoms with E-state index in [4.69, 9.17) is 0 Å². The van der Waals surface area contributed by atoms with Gasteiger partial charge in [-0.3, -0.25) is 9.89 Å². The highest BCUT2D eigenvalue weighted by Gasteiger charge is 2.10. The van der Waals surface area contributed by atoms with E-state index >= 15 is 0 Å². The second kappa shape index (κ2) is 6.04. The van der Waals surface area contributed by atoms with Gasteiger partial charge in [0.15, 0.2) is 0 Å². The number of aromatic nitrogens is 4. The van der Waals surface area contributed by atoms with Crippen LogP contribution in [0.4, 0.5) is 17.3 Å². The van der Waals surface area contributed by atoms with Crippen molar-refractivity contribution in [2.45, 2.75) is 6.92 Å². The molecule has 0 aliphatic carbocycles. The number of hydrogen-bond donors (Lipinski definition) is 3. The summed E-state index contributed by atoms with van der Waals surface area (Å²) >= 11 is 0. The Morgan fingerprint density at radius 3 is 2.41 bits per heavy atom. The van der Waals surface area contributed by atoms with Gasteiger partial charge in [-0.2, -0.15) is 5.10 Å². The second-order valence-corrected chi connectivity index (χ2v) is 4.64. The van der Waals surface area contributed by atoms with Gasteiger partial charge in [0.1, 0.15) is 0 Å². The highest BCUT2D eigenvalue weighted by atomic mass is 16.1. The van der Waals surface area contributed by atoms with Crippen LogP contribution in [0, 0.1) is 6.92 Å². The summed E-state index contributed by atoms with van der Waals surface area (Å²) in [4.78, 5) is 20.2. The molecule has 0 unspecified atom stereocenters. The maximum absolute atomic E-state index is 12.1. The van der Waals surface area contributed by atoms with Gasteiger partial charge in [0.2, 0.25) is 5.95 Å². The molecule has 0 fully saturated rings. The van der Waals surface area contributed by atoms with Crippen molar-refractivity contribution in [2.24, 2.45) is 0 Å². The molecule has 1 amide bonds. The Morgan fingerprint density at radius 2 is 1.77 bits per heavy atom. The molecule has 7 nitrogen and oxygen atoms in total. The molecule has 3 N–H and O–H groups in total. The Morgan fingerprint density at radius 1 is 1.09 bits per heavy atom. The van der Waals surface area contributed by atoms with E-state index < -0.39 is 0 Å². The van der Waals surface area contributed by atoms with E-state index in [1.54, 1.807) is 37.5 Å². The highest BCUT2D eigenvalue weighted by Crippen LogP contribution is 2.17. The van der Waals surface area contributed by atoms with Gasteiger partial charge >= 0.3 is 0 Å². The van der Waals surface area contributed by atoms with Crippen molar-refractivity contribution in [3.63, 3.8) is 0 Å². The first-order valence-electron chi connectivity index (χ1n) is 6.68. The number of aryl methyl sites for hydroxylation is 1. The molecule has 110 valence electrons. The zero-order valence-corrected chi connectivity index (χ0v) is 11.9. The van der Waals surface area contributed by atoms with Crippen molar-refractivity contribution in [1.29, 1.82) is 0 Å². The van der Waals surface area contributed by atoms with Crippen molar-refractivity contribution in [3.05, 3.63) is 60.2 Å². The SMILES string of the molecule is Cc1[nH]ncc1C(=O)Nc1ccc(Nc2ncccn2)cc1. The molecule has 0 atom stereocenters. The third-order valence-corrected chi connectivity index (χ3v) is 3.04. The summed E-state index contributed by atoms with van der Waals surface area (Å²) in [5.74, 6) is 0.326. The first kappa shape index (κ1) is 13.7. The molecule has 22 heavy (non-hydrogen) atoms. The van der Waals surface area contributed by atoms with Gasteiger partial charge in [-0.25, -0.2) is 9.97 Å². The van der Waals surface area contributed by atoms with Gasteiger partial charge in [0.05, 0.1) is 11.8 Å². The average Bonchev–Trinajstić information content (AvgIpc) is 2.96. The molecule has 2 heterocycles. The van der Waals surface area contributed by atoms with Crippen LogP contribution in [0.1, 0.15) is 16.1 Å². The van der Waals surface area contributed by atoms with E-state index in [0.717, 1.165) is 11.4 Å². The minimum atomic E-state index is -0.196. The summed E-state index contributed by atoms with van der Waals surface area (Å²) in [5.41, 5.74) is 2.80. The van der Waals surface area contributed by atoms with Gasteiger partial charge < -0.3 is 10.6 Å². The van der Waals surface area contributed by atoms with Crippen molar-refractivity contribution >= 4 is 23.2 Å². The van der Waals surface area contributed by atoms with Gasteiger partial charge in [-0.15, -0.1) is 0 Å². The molecule has 1 aromatic carbocycles. The molecular weight excluding hydrogens is 280 g/mol. The standard InChI is InChI=1S/C15H14N6O/c1-10-13(9-18-21-10)14(22)19-11-3-5-12(6-4-11)20-15-16-7-2-8-17-15/h2-9H,1H3,(H,18,21)(H,19,22)(H,16,17,20). The number of carbonyl (C=O) groups is 1. The maximum Gasteiger partial charge on any atom is 0.259 e. The van der Waals surface area contributed by atoms with Crippen LogP contribution in [-0.2, 0) is 0 Å². The lowest BCUT2D eigenvalue weighted by Crippen LogP contribution is -2.12. The molecule has 0 bridgehead atoms. The Labute approximate surface area is 126 Å². The molecule has 0 saturated heterocycles. The number of anilines is 3. The number of nitrogens with zero attached hydrogens (tertiary/aromatic N) is 3. The number of hydrogen-bond acceptors (Lipinski definition) is 5. The Hall–Kier alpha value is -3.22. The van der Waals surface area contributed by atoms with Crippen molar-refractivity contribution in [1.82, 2.24) is 20.2 Å². The topological polar surface area (TPSA) is 95.6 Å². The monoisotopic (exact) mass is 294 g/mol. The summed E-state index contributed by atoms with van der Waals surface area (Å²) in [7, 11) is 0. The normalized spacial score (nSPS) is 10.2. The average molecular weight is 294 g/mol. The first-order valence-corrected chi connectivity index (χ1v) is 6.68. The van der Waals surface area contributed by atoms with Crippen LogP contribution >= 0.6 is 0 Å². The molecule has 3 aromatic rings. The number of amides is 1. The second-order valence-electron chi connectivity index (χ2n) is 4.64. The van der Waals surface area contributed by atoms with Gasteiger partial charge in [0, 0.05) is 29.5 Å². The predicted octanol–water partition coefficient (Wildman–Crippen LogP) is 2.50. The van der Waals surface area contributed by atoms with Crippen LogP contribution in [0.25, 0.3) is 0 Å². The van der Waals surface area contributed by atoms with Crippen LogP contribution in [0.15, 0.2) is 48.9 Å². The maximum atomic E-state index is 12.1. The molecule has 2 aromatic heterocycles. The molecule has 0 saturated carbocycles. The number of rotatable bonds is 4. The van der Waals surface area contributed by atoms with Crippen molar-refractivity contribution < 1.29 is 4.79 Å². The fourth-order valence-corrected chi connectivity index (χ4v) is 1.91. The third kappa shape index (κ3) is 3.09. The Kier molecular flexibility index (Phi) is 3.78. The van der Waals surface area contributed by atoms with E-state index in [1.165, 1.54) is 6.20 Å². The number of carbonyl (C=O) groups excluding carboxylic acids is 1. The molecule has 7 heteroatoms. The number of H-pyrrole nitrogens is 1. The van der Waals surface area contributed by atoms with Crippen LogP contribution < -0.4 is 10.6 Å². The molecule has 3 rings (SSSR count). The minimum absolute atomic E-state index is 0.196. The van der Waals surface area contributed by atoms with Crippen molar-refractivity contribution in [3.8, 4) is 0 Å². The zero-order chi connectivity index (χ0) is 15.4. The lowest BCUT2D eigenvalue weighted by Gasteiger charge is -2.07. The van der Waals surface area contributed by atoms with Crippen LogP contribution in [0.5, 0.6) is 0 Å². The lowest BCUT2D eigenvalue weighted by atomic mass is 10.2. The number of nitrogens with one attached hydrogen (secondary N) is 3. The molecule has 0 aliphatic heterocycles. The van der Waals surface area contributed by atoms with E-state index in [-0.39, 0.29) is 5.91 Å². The van der Waals surface area contributed by atoms with Crippen LogP contribution in [-0.4, -0.2) is 26.1 Å². The fraction of sp³-hybridized carbons (Fsp3) is 0.0667. The highest BCUT2D eigenvalue weighted by molar-refractivity contribution is 6.04. The van der Waals surface area contributed by atoms with Crippen LogP contribution in [0.3, 0.4) is 0 Å². The minimum Gasteiger partial charge on any atom is -0.324 e. The smallest absolute Gasteiger partial charge is 0.259 e. The van der Waals surface area contributed by atoms with E-state index in [0.29, 0.717) is 17.2 Å². The molecule has 0 radical (unpaired) electrons. The summed E-state index contributed by atoms with van der Waals surface area (Å²) in [6.45, 7) is 1.80. The molecular formula is C15H14N6O.